The number of hydrogen-bond donors (Lipinski definition) is 1. The zero-order valence-corrected chi connectivity index (χ0v) is 10.7. The van der Waals surface area contributed by atoms with Crippen LogP contribution in [0.25, 0.3) is 0 Å². The normalized spacial score (nSPS) is 10.5. The van der Waals surface area contributed by atoms with E-state index in [-0.39, 0.29) is 6.10 Å². The van der Waals surface area contributed by atoms with Crippen LogP contribution in [-0.2, 0) is 6.54 Å². The number of rotatable bonds is 5. The van der Waals surface area contributed by atoms with Crippen LogP contribution in [0.15, 0.2) is 30.0 Å². The summed E-state index contributed by atoms with van der Waals surface area (Å²) < 4.78 is 5.63. The van der Waals surface area contributed by atoms with Crippen LogP contribution in [0.4, 0.5) is 5.69 Å². The minimum atomic E-state index is 0.119. The van der Waals surface area contributed by atoms with Gasteiger partial charge >= 0.3 is 0 Å². The van der Waals surface area contributed by atoms with Gasteiger partial charge in [0.2, 0.25) is 5.88 Å². The van der Waals surface area contributed by atoms with Crippen molar-refractivity contribution < 1.29 is 4.74 Å². The van der Waals surface area contributed by atoms with Crippen LogP contribution in [0.5, 0.6) is 5.88 Å². The first-order valence-electron chi connectivity index (χ1n) is 5.48. The molecule has 1 N–H and O–H groups in total. The van der Waals surface area contributed by atoms with Crippen LogP contribution in [0, 0.1) is 0 Å². The number of pyridine rings is 1. The molecule has 0 saturated heterocycles. The van der Waals surface area contributed by atoms with Crippen molar-refractivity contribution in [3.63, 3.8) is 0 Å². The van der Waals surface area contributed by atoms with E-state index in [1.54, 1.807) is 17.5 Å². The average molecular weight is 249 g/mol. The van der Waals surface area contributed by atoms with E-state index < -0.39 is 0 Å². The Morgan fingerprint density at radius 3 is 3.06 bits per heavy atom. The second-order valence-electron chi connectivity index (χ2n) is 3.84. The van der Waals surface area contributed by atoms with E-state index in [2.05, 4.69) is 15.3 Å². The fraction of sp³-hybridized carbons (Fsp3) is 0.333. The van der Waals surface area contributed by atoms with E-state index in [0.29, 0.717) is 5.88 Å². The summed E-state index contributed by atoms with van der Waals surface area (Å²) in [6.07, 6.45) is 3.71. The Morgan fingerprint density at radius 1 is 1.47 bits per heavy atom. The molecule has 0 atom stereocenters. The number of ether oxygens (including phenoxy) is 1. The van der Waals surface area contributed by atoms with Crippen molar-refractivity contribution in [1.29, 1.82) is 0 Å². The van der Waals surface area contributed by atoms with Crippen LogP contribution in [0.3, 0.4) is 0 Å². The smallest absolute Gasteiger partial charge is 0.237 e. The van der Waals surface area contributed by atoms with Gasteiger partial charge in [0.15, 0.2) is 0 Å². The summed E-state index contributed by atoms with van der Waals surface area (Å²) in [6.45, 7) is 4.72. The fourth-order valence-corrected chi connectivity index (χ4v) is 1.89. The largest absolute Gasteiger partial charge is 0.473 e. The quantitative estimate of drug-likeness (QED) is 0.885. The molecule has 0 bridgehead atoms. The Hall–Kier alpha value is -1.62. The van der Waals surface area contributed by atoms with Crippen molar-refractivity contribution >= 4 is 17.0 Å². The first kappa shape index (κ1) is 11.9. The molecule has 5 heteroatoms. The Kier molecular flexibility index (Phi) is 3.93. The molecule has 4 nitrogen and oxygen atoms in total. The van der Waals surface area contributed by atoms with Gasteiger partial charge in [0, 0.05) is 17.3 Å². The number of thiazole rings is 1. The van der Waals surface area contributed by atoms with E-state index in [4.69, 9.17) is 4.74 Å². The molecule has 0 amide bonds. The van der Waals surface area contributed by atoms with Crippen LogP contribution in [0.1, 0.15) is 18.7 Å². The molecule has 0 fully saturated rings. The van der Waals surface area contributed by atoms with Gasteiger partial charge in [-0.15, -0.1) is 11.3 Å². The molecule has 0 aliphatic carbocycles. The standard InChI is InChI=1S/C12H15N3OS/c1-9(2)16-12-11(4-3-5-14-12)15-7-10-6-13-8-17-10/h3-6,8-9,15H,7H2,1-2H3. The SMILES string of the molecule is CC(C)Oc1ncccc1NCc1cncs1. The lowest BCUT2D eigenvalue weighted by atomic mass is 10.4. The molecule has 0 aromatic carbocycles. The predicted molar refractivity (Wildman–Crippen MR) is 69.4 cm³/mol. The Morgan fingerprint density at radius 2 is 2.35 bits per heavy atom. The summed E-state index contributed by atoms with van der Waals surface area (Å²) in [4.78, 5) is 9.44. The monoisotopic (exact) mass is 249 g/mol. The highest BCUT2D eigenvalue weighted by atomic mass is 32.1. The van der Waals surface area contributed by atoms with Crippen LogP contribution in [-0.4, -0.2) is 16.1 Å². The third-order valence-corrected chi connectivity index (χ3v) is 2.83. The second-order valence-corrected chi connectivity index (χ2v) is 4.81. The first-order chi connectivity index (χ1) is 8.25. The van der Waals surface area contributed by atoms with Crippen LogP contribution < -0.4 is 10.1 Å². The van der Waals surface area contributed by atoms with E-state index >= 15 is 0 Å². The molecule has 90 valence electrons. The number of nitrogens with zero attached hydrogens (tertiary/aromatic N) is 2. The van der Waals surface area contributed by atoms with Crippen molar-refractivity contribution in [2.24, 2.45) is 0 Å². The van der Waals surface area contributed by atoms with Gasteiger partial charge < -0.3 is 10.1 Å². The molecule has 0 unspecified atom stereocenters. The molecule has 0 saturated carbocycles. The molecular formula is C12H15N3OS. The average Bonchev–Trinajstić information content (AvgIpc) is 2.80. The van der Waals surface area contributed by atoms with Gasteiger partial charge in [-0.05, 0) is 26.0 Å². The van der Waals surface area contributed by atoms with E-state index in [1.807, 2.05) is 37.7 Å². The van der Waals surface area contributed by atoms with Crippen molar-refractivity contribution in [2.75, 3.05) is 5.32 Å². The lowest BCUT2D eigenvalue weighted by Gasteiger charge is -2.13. The summed E-state index contributed by atoms with van der Waals surface area (Å²) in [5, 5.41) is 3.30. The Labute approximate surface area is 105 Å². The van der Waals surface area contributed by atoms with Crippen LogP contribution in [0.2, 0.25) is 0 Å². The maximum atomic E-state index is 5.63. The predicted octanol–water partition coefficient (Wildman–Crippen LogP) is 2.94. The van der Waals surface area contributed by atoms with E-state index in [9.17, 15) is 0 Å². The molecular weight excluding hydrogens is 234 g/mol. The van der Waals surface area contributed by atoms with Crippen molar-refractivity contribution in [1.82, 2.24) is 9.97 Å². The molecule has 2 rings (SSSR count). The molecule has 2 aromatic heterocycles. The van der Waals surface area contributed by atoms with Crippen molar-refractivity contribution in [3.05, 3.63) is 34.9 Å². The maximum Gasteiger partial charge on any atom is 0.237 e. The Balaban J connectivity index is 2.04. The highest BCUT2D eigenvalue weighted by Crippen LogP contribution is 2.22. The summed E-state index contributed by atoms with van der Waals surface area (Å²) in [6, 6.07) is 3.86. The van der Waals surface area contributed by atoms with Crippen molar-refractivity contribution in [2.45, 2.75) is 26.5 Å². The third kappa shape index (κ3) is 3.42. The lowest BCUT2D eigenvalue weighted by Crippen LogP contribution is -2.09. The van der Waals surface area contributed by atoms with Gasteiger partial charge in [-0.1, -0.05) is 0 Å². The molecule has 2 aromatic rings. The third-order valence-electron chi connectivity index (χ3n) is 2.06. The van der Waals surface area contributed by atoms with E-state index in [0.717, 1.165) is 12.2 Å². The number of aromatic nitrogens is 2. The number of anilines is 1. The highest BCUT2D eigenvalue weighted by molar-refractivity contribution is 7.09. The van der Waals surface area contributed by atoms with Gasteiger partial charge in [-0.25, -0.2) is 4.98 Å². The summed E-state index contributed by atoms with van der Waals surface area (Å²) in [5.41, 5.74) is 2.74. The van der Waals surface area contributed by atoms with Gasteiger partial charge in [-0.2, -0.15) is 0 Å². The zero-order valence-electron chi connectivity index (χ0n) is 9.88. The molecule has 0 aliphatic heterocycles. The van der Waals surface area contributed by atoms with Crippen LogP contribution >= 0.6 is 11.3 Å². The summed E-state index contributed by atoms with van der Waals surface area (Å²) >= 11 is 1.63. The second kappa shape index (κ2) is 5.63. The highest BCUT2D eigenvalue weighted by Gasteiger charge is 2.06. The minimum absolute atomic E-state index is 0.119. The van der Waals surface area contributed by atoms with Gasteiger partial charge in [0.1, 0.15) is 0 Å². The molecule has 0 aliphatic rings. The zero-order chi connectivity index (χ0) is 12.1. The summed E-state index contributed by atoms with van der Waals surface area (Å²) in [7, 11) is 0. The molecule has 17 heavy (non-hydrogen) atoms. The van der Waals surface area contributed by atoms with Crippen molar-refractivity contribution in [3.8, 4) is 5.88 Å². The Bertz CT molecular complexity index is 457. The van der Waals surface area contributed by atoms with Gasteiger partial charge in [-0.3, -0.25) is 4.98 Å². The lowest BCUT2D eigenvalue weighted by molar-refractivity contribution is 0.234. The molecule has 0 radical (unpaired) electrons. The van der Waals surface area contributed by atoms with E-state index in [1.165, 1.54) is 4.88 Å². The summed E-state index contributed by atoms with van der Waals surface area (Å²) in [5.74, 6) is 0.645. The number of nitrogens with one attached hydrogen (secondary N) is 1. The topological polar surface area (TPSA) is 47.0 Å². The molecule has 2 heterocycles. The number of hydrogen-bond acceptors (Lipinski definition) is 5. The van der Waals surface area contributed by atoms with Gasteiger partial charge in [0.25, 0.3) is 0 Å². The maximum absolute atomic E-state index is 5.63. The van der Waals surface area contributed by atoms with Gasteiger partial charge in [0.05, 0.1) is 23.8 Å². The minimum Gasteiger partial charge on any atom is -0.473 e. The first-order valence-corrected chi connectivity index (χ1v) is 6.36. The fourth-order valence-electron chi connectivity index (χ4n) is 1.35. The molecule has 0 spiro atoms.